The molecule has 1 aromatic heterocycles. The Morgan fingerprint density at radius 2 is 1.94 bits per heavy atom. The summed E-state index contributed by atoms with van der Waals surface area (Å²) in [6.45, 7) is 5.76. The van der Waals surface area contributed by atoms with E-state index in [0.717, 1.165) is 4.68 Å². The molecule has 3 nitrogen and oxygen atoms in total. The molecule has 16 heavy (non-hydrogen) atoms. The van der Waals surface area contributed by atoms with Crippen molar-refractivity contribution in [3.63, 3.8) is 0 Å². The fourth-order valence-electron chi connectivity index (χ4n) is 1.09. The van der Waals surface area contributed by atoms with Crippen LogP contribution in [0.5, 0.6) is 0 Å². The predicted octanol–water partition coefficient (Wildman–Crippen LogP) is 2.90. The molecule has 0 atom stereocenters. The molecule has 0 saturated heterocycles. The van der Waals surface area contributed by atoms with Gasteiger partial charge in [0, 0.05) is 12.7 Å². The smallest absolute Gasteiger partial charge is 0.382 e. The summed E-state index contributed by atoms with van der Waals surface area (Å²) in [6.07, 6.45) is -1.47. The molecule has 1 rings (SSSR count). The van der Waals surface area contributed by atoms with Crippen LogP contribution < -0.4 is 5.32 Å². The van der Waals surface area contributed by atoms with E-state index in [1.54, 1.807) is 0 Å². The Kier molecular flexibility index (Phi) is 3.50. The third-order valence-electron chi connectivity index (χ3n) is 1.80. The summed E-state index contributed by atoms with van der Waals surface area (Å²) in [6, 6.07) is 0. The van der Waals surface area contributed by atoms with Gasteiger partial charge in [-0.25, -0.2) is 0 Å². The summed E-state index contributed by atoms with van der Waals surface area (Å²) in [5.74, 6) is 0. The summed E-state index contributed by atoms with van der Waals surface area (Å²) in [7, 11) is 0. The van der Waals surface area contributed by atoms with E-state index >= 15 is 0 Å². The molecule has 6 heteroatoms. The first-order valence-electron chi connectivity index (χ1n) is 4.99. The Morgan fingerprint density at radius 1 is 1.31 bits per heavy atom. The number of rotatable bonds is 3. The highest BCUT2D eigenvalue weighted by Crippen LogP contribution is 2.19. The van der Waals surface area contributed by atoms with Crippen molar-refractivity contribution < 1.29 is 13.2 Å². The molecule has 1 heterocycles. The van der Waals surface area contributed by atoms with E-state index in [2.05, 4.69) is 10.4 Å². The molecular weight excluding hydrogens is 219 g/mol. The summed E-state index contributed by atoms with van der Waals surface area (Å²) in [4.78, 5) is 0. The Hall–Kier alpha value is -1.20. The zero-order valence-corrected chi connectivity index (χ0v) is 9.60. The third-order valence-corrected chi connectivity index (χ3v) is 1.80. The topological polar surface area (TPSA) is 29.9 Å². The molecule has 0 fully saturated rings. The van der Waals surface area contributed by atoms with Gasteiger partial charge in [0.25, 0.3) is 0 Å². The number of nitrogens with zero attached hydrogens (tertiary/aromatic N) is 2. The van der Waals surface area contributed by atoms with Gasteiger partial charge < -0.3 is 5.32 Å². The second-order valence-corrected chi connectivity index (χ2v) is 4.96. The lowest BCUT2D eigenvalue weighted by atomic mass is 9.97. The first kappa shape index (κ1) is 12.9. The summed E-state index contributed by atoms with van der Waals surface area (Å²) in [5.41, 5.74) is 0.686. The van der Waals surface area contributed by atoms with E-state index in [-0.39, 0.29) is 5.41 Å². The number of halogens is 3. The van der Waals surface area contributed by atoms with Gasteiger partial charge in [0.15, 0.2) is 0 Å². The van der Waals surface area contributed by atoms with Crippen molar-refractivity contribution in [3.05, 3.63) is 12.4 Å². The minimum absolute atomic E-state index is 0.0755. The standard InChI is InChI=1S/C10H16F3N3/c1-9(2,3)6-14-8-4-15-16(5-8)7-10(11,12)13/h4-5,14H,6-7H2,1-3H3. The van der Waals surface area contributed by atoms with Crippen LogP contribution in [-0.4, -0.2) is 22.5 Å². The highest BCUT2D eigenvalue weighted by molar-refractivity contribution is 5.38. The molecule has 0 aliphatic carbocycles. The molecule has 92 valence electrons. The molecular formula is C10H16F3N3. The molecule has 0 radical (unpaired) electrons. The van der Waals surface area contributed by atoms with Crippen molar-refractivity contribution >= 4 is 5.69 Å². The maximum absolute atomic E-state index is 12.0. The van der Waals surface area contributed by atoms with Gasteiger partial charge in [0.1, 0.15) is 6.54 Å². The first-order chi connectivity index (χ1) is 7.16. The number of hydrogen-bond donors (Lipinski definition) is 1. The van der Waals surface area contributed by atoms with Crippen molar-refractivity contribution in [3.8, 4) is 0 Å². The largest absolute Gasteiger partial charge is 0.408 e. The quantitative estimate of drug-likeness (QED) is 0.873. The van der Waals surface area contributed by atoms with Crippen molar-refractivity contribution in [2.45, 2.75) is 33.5 Å². The normalized spacial score (nSPS) is 12.9. The summed E-state index contributed by atoms with van der Waals surface area (Å²) in [5, 5.41) is 6.68. The van der Waals surface area contributed by atoms with E-state index in [4.69, 9.17) is 0 Å². The molecule has 0 bridgehead atoms. The maximum Gasteiger partial charge on any atom is 0.408 e. The van der Waals surface area contributed by atoms with Crippen LogP contribution >= 0.6 is 0 Å². The van der Waals surface area contributed by atoms with Gasteiger partial charge in [-0.05, 0) is 5.41 Å². The van der Waals surface area contributed by atoms with Crippen LogP contribution in [0.25, 0.3) is 0 Å². The van der Waals surface area contributed by atoms with Gasteiger partial charge in [-0.1, -0.05) is 20.8 Å². The molecule has 1 aromatic rings. The molecule has 1 N–H and O–H groups in total. The van der Waals surface area contributed by atoms with Gasteiger partial charge in [-0.15, -0.1) is 0 Å². The van der Waals surface area contributed by atoms with E-state index < -0.39 is 12.7 Å². The van der Waals surface area contributed by atoms with Crippen LogP contribution in [0.1, 0.15) is 20.8 Å². The van der Waals surface area contributed by atoms with E-state index in [0.29, 0.717) is 12.2 Å². The van der Waals surface area contributed by atoms with Crippen LogP contribution in [0.4, 0.5) is 18.9 Å². The number of aromatic nitrogens is 2. The average molecular weight is 235 g/mol. The van der Waals surface area contributed by atoms with E-state index in [1.807, 2.05) is 20.8 Å². The highest BCUT2D eigenvalue weighted by Gasteiger charge is 2.28. The summed E-state index contributed by atoms with van der Waals surface area (Å²) >= 11 is 0. The fourth-order valence-corrected chi connectivity index (χ4v) is 1.09. The second-order valence-electron chi connectivity index (χ2n) is 4.96. The predicted molar refractivity (Wildman–Crippen MR) is 56.2 cm³/mol. The van der Waals surface area contributed by atoms with E-state index in [1.165, 1.54) is 12.4 Å². The van der Waals surface area contributed by atoms with E-state index in [9.17, 15) is 13.2 Å². The Morgan fingerprint density at radius 3 is 2.44 bits per heavy atom. The lowest BCUT2D eigenvalue weighted by molar-refractivity contribution is -0.142. The molecule has 0 aliphatic heterocycles. The minimum atomic E-state index is -4.23. The fraction of sp³-hybridized carbons (Fsp3) is 0.700. The van der Waals surface area contributed by atoms with Crippen LogP contribution in [0.2, 0.25) is 0 Å². The molecule has 0 saturated carbocycles. The Labute approximate surface area is 92.6 Å². The Balaban J connectivity index is 2.52. The van der Waals surface area contributed by atoms with Crippen molar-refractivity contribution in [2.24, 2.45) is 5.41 Å². The Bertz CT molecular complexity index is 336. The first-order valence-corrected chi connectivity index (χ1v) is 4.99. The SMILES string of the molecule is CC(C)(C)CNc1cnn(CC(F)(F)F)c1. The molecule has 0 aliphatic rings. The van der Waals surface area contributed by atoms with Crippen LogP contribution in [-0.2, 0) is 6.54 Å². The number of hydrogen-bond acceptors (Lipinski definition) is 2. The maximum atomic E-state index is 12.0. The van der Waals surface area contributed by atoms with Gasteiger partial charge >= 0.3 is 6.18 Å². The van der Waals surface area contributed by atoms with Gasteiger partial charge in [-0.3, -0.25) is 4.68 Å². The second kappa shape index (κ2) is 4.35. The van der Waals surface area contributed by atoms with Gasteiger partial charge in [0.05, 0.1) is 11.9 Å². The lowest BCUT2D eigenvalue weighted by Crippen LogP contribution is -2.19. The lowest BCUT2D eigenvalue weighted by Gasteiger charge is -2.18. The van der Waals surface area contributed by atoms with Crippen molar-refractivity contribution in [1.82, 2.24) is 9.78 Å². The van der Waals surface area contributed by atoms with Crippen molar-refractivity contribution in [2.75, 3.05) is 11.9 Å². The third kappa shape index (κ3) is 5.04. The van der Waals surface area contributed by atoms with Gasteiger partial charge in [0.2, 0.25) is 0 Å². The van der Waals surface area contributed by atoms with Crippen LogP contribution in [0.3, 0.4) is 0 Å². The monoisotopic (exact) mass is 235 g/mol. The molecule has 0 amide bonds. The van der Waals surface area contributed by atoms with Crippen LogP contribution in [0.15, 0.2) is 12.4 Å². The number of alkyl halides is 3. The van der Waals surface area contributed by atoms with Gasteiger partial charge in [-0.2, -0.15) is 18.3 Å². The zero-order chi connectivity index (χ0) is 12.4. The average Bonchev–Trinajstić information content (AvgIpc) is 2.44. The minimum Gasteiger partial charge on any atom is -0.382 e. The number of anilines is 1. The molecule has 0 aromatic carbocycles. The number of nitrogens with one attached hydrogen (secondary N) is 1. The summed E-state index contributed by atoms with van der Waals surface area (Å²) < 4.78 is 37.0. The zero-order valence-electron chi connectivity index (χ0n) is 9.60. The molecule has 0 unspecified atom stereocenters. The molecule has 0 spiro atoms. The van der Waals surface area contributed by atoms with Crippen LogP contribution in [0, 0.1) is 5.41 Å². The highest BCUT2D eigenvalue weighted by atomic mass is 19.4. The van der Waals surface area contributed by atoms with Crippen molar-refractivity contribution in [1.29, 1.82) is 0 Å².